The summed E-state index contributed by atoms with van der Waals surface area (Å²) in [6.45, 7) is 0.922. The normalized spacial score (nSPS) is 17.5. The van der Waals surface area contributed by atoms with Gasteiger partial charge in [-0.1, -0.05) is 12.1 Å². The largest absolute Gasteiger partial charge is 0.306 e. The van der Waals surface area contributed by atoms with Crippen LogP contribution in [-0.4, -0.2) is 25.5 Å². The maximum absolute atomic E-state index is 13.1. The molecular weight excluding hydrogens is 189 g/mol. The summed E-state index contributed by atoms with van der Waals surface area (Å²) in [5.74, 6) is -0.133. The van der Waals surface area contributed by atoms with Crippen molar-refractivity contribution in [3.8, 4) is 0 Å². The molecule has 0 radical (unpaired) electrons. The zero-order valence-corrected chi connectivity index (χ0v) is 9.26. The van der Waals surface area contributed by atoms with Gasteiger partial charge in [0, 0.05) is 6.54 Å². The Morgan fingerprint density at radius 3 is 2.87 bits per heavy atom. The third-order valence-corrected chi connectivity index (χ3v) is 2.78. The fourth-order valence-corrected chi connectivity index (χ4v) is 1.97. The van der Waals surface area contributed by atoms with Crippen LogP contribution in [0.3, 0.4) is 0 Å². The number of aryl methyl sites for hydroxylation is 1. The molecule has 1 nitrogen and oxygen atoms in total. The van der Waals surface area contributed by atoms with E-state index in [1.165, 1.54) is 11.1 Å². The predicted octanol–water partition coefficient (Wildman–Crippen LogP) is 2.72. The fourth-order valence-electron chi connectivity index (χ4n) is 1.97. The molecule has 0 N–H and O–H groups in total. The topological polar surface area (TPSA) is 3.24 Å². The molecule has 0 saturated heterocycles. The van der Waals surface area contributed by atoms with Gasteiger partial charge in [0.15, 0.2) is 0 Å². The number of hydrogen-bond acceptors (Lipinski definition) is 1. The summed E-state index contributed by atoms with van der Waals surface area (Å²) < 4.78 is 13.1. The monoisotopic (exact) mass is 205 g/mol. The Bertz CT molecular complexity index is 394. The van der Waals surface area contributed by atoms with E-state index in [0.29, 0.717) is 0 Å². The van der Waals surface area contributed by atoms with E-state index in [0.717, 1.165) is 24.9 Å². The fraction of sp³-hybridized carbons (Fsp3) is 0.385. The highest BCUT2D eigenvalue weighted by molar-refractivity contribution is 5.72. The molecular formula is C13H16FN. The molecule has 80 valence electrons. The molecule has 0 aliphatic heterocycles. The van der Waals surface area contributed by atoms with Gasteiger partial charge >= 0.3 is 0 Å². The van der Waals surface area contributed by atoms with Crippen LogP contribution in [-0.2, 0) is 6.42 Å². The number of likely N-dealkylation sites (N-methyl/N-ethyl adjacent to an activating group) is 1. The van der Waals surface area contributed by atoms with Gasteiger partial charge in [-0.3, -0.25) is 0 Å². The van der Waals surface area contributed by atoms with E-state index in [9.17, 15) is 4.39 Å². The van der Waals surface area contributed by atoms with Gasteiger partial charge in [-0.2, -0.15) is 0 Å². The van der Waals surface area contributed by atoms with Crippen LogP contribution in [0.25, 0.3) is 5.57 Å². The van der Waals surface area contributed by atoms with Crippen molar-refractivity contribution in [1.82, 2.24) is 4.90 Å². The Labute approximate surface area is 90.2 Å². The van der Waals surface area contributed by atoms with E-state index in [-0.39, 0.29) is 5.82 Å². The molecule has 0 bridgehead atoms. The SMILES string of the molecule is CN(C)C/C=C1\CCc2ccc(F)cc21. The van der Waals surface area contributed by atoms with Crippen molar-refractivity contribution in [3.05, 3.63) is 41.2 Å². The van der Waals surface area contributed by atoms with Crippen molar-refractivity contribution < 1.29 is 4.39 Å². The molecule has 0 amide bonds. The molecule has 1 aliphatic carbocycles. The Morgan fingerprint density at radius 2 is 2.13 bits per heavy atom. The van der Waals surface area contributed by atoms with Gasteiger partial charge < -0.3 is 4.90 Å². The first-order valence-electron chi connectivity index (χ1n) is 5.29. The Balaban J connectivity index is 2.27. The standard InChI is InChI=1S/C13H16FN/c1-15(2)8-7-11-4-3-10-5-6-12(14)9-13(10)11/h5-7,9H,3-4,8H2,1-2H3/b11-7+. The summed E-state index contributed by atoms with van der Waals surface area (Å²) in [6, 6.07) is 5.11. The van der Waals surface area contributed by atoms with Gasteiger partial charge in [0.1, 0.15) is 5.82 Å². The summed E-state index contributed by atoms with van der Waals surface area (Å²) >= 11 is 0. The third kappa shape index (κ3) is 2.26. The molecule has 1 aliphatic rings. The molecule has 0 saturated carbocycles. The van der Waals surface area contributed by atoms with Gasteiger partial charge in [0.05, 0.1) is 0 Å². The Kier molecular flexibility index (Phi) is 2.87. The number of benzene rings is 1. The van der Waals surface area contributed by atoms with E-state index in [4.69, 9.17) is 0 Å². The molecule has 2 heteroatoms. The number of halogens is 1. The smallest absolute Gasteiger partial charge is 0.123 e. The summed E-state index contributed by atoms with van der Waals surface area (Å²) in [5.41, 5.74) is 3.68. The molecule has 0 heterocycles. The van der Waals surface area contributed by atoms with Gasteiger partial charge in [-0.05, 0) is 55.8 Å². The van der Waals surface area contributed by atoms with Crippen LogP contribution in [0.1, 0.15) is 17.5 Å². The second kappa shape index (κ2) is 4.15. The number of fused-ring (bicyclic) bond motifs is 1. The minimum atomic E-state index is -0.133. The van der Waals surface area contributed by atoms with Crippen LogP contribution in [0.5, 0.6) is 0 Å². The molecule has 0 spiro atoms. The van der Waals surface area contributed by atoms with Crippen LogP contribution in [0.15, 0.2) is 24.3 Å². The molecule has 0 aromatic heterocycles. The van der Waals surface area contributed by atoms with Crippen molar-refractivity contribution in [2.75, 3.05) is 20.6 Å². The Hall–Kier alpha value is -1.15. The molecule has 0 unspecified atom stereocenters. The summed E-state index contributed by atoms with van der Waals surface area (Å²) in [4.78, 5) is 2.12. The van der Waals surface area contributed by atoms with Crippen molar-refractivity contribution in [2.45, 2.75) is 12.8 Å². The van der Waals surface area contributed by atoms with Crippen molar-refractivity contribution >= 4 is 5.57 Å². The maximum atomic E-state index is 13.1. The van der Waals surface area contributed by atoms with E-state index < -0.39 is 0 Å². The van der Waals surface area contributed by atoms with E-state index in [1.807, 2.05) is 20.2 Å². The first-order valence-corrected chi connectivity index (χ1v) is 5.29. The van der Waals surface area contributed by atoms with E-state index in [1.54, 1.807) is 12.1 Å². The third-order valence-electron chi connectivity index (χ3n) is 2.78. The number of allylic oxidation sites excluding steroid dienone is 1. The average molecular weight is 205 g/mol. The first kappa shape index (κ1) is 10.4. The minimum absolute atomic E-state index is 0.133. The zero-order chi connectivity index (χ0) is 10.8. The summed E-state index contributed by atoms with van der Waals surface area (Å²) in [5, 5.41) is 0. The molecule has 15 heavy (non-hydrogen) atoms. The lowest BCUT2D eigenvalue weighted by atomic mass is 10.1. The van der Waals surface area contributed by atoms with Crippen LogP contribution in [0, 0.1) is 5.82 Å². The van der Waals surface area contributed by atoms with E-state index in [2.05, 4.69) is 11.0 Å². The summed E-state index contributed by atoms with van der Waals surface area (Å²) in [6.07, 6.45) is 4.30. The van der Waals surface area contributed by atoms with Gasteiger partial charge in [0.2, 0.25) is 0 Å². The summed E-state index contributed by atoms with van der Waals surface area (Å²) in [7, 11) is 4.08. The zero-order valence-electron chi connectivity index (χ0n) is 9.26. The number of rotatable bonds is 2. The van der Waals surface area contributed by atoms with Crippen molar-refractivity contribution in [2.24, 2.45) is 0 Å². The highest BCUT2D eigenvalue weighted by Gasteiger charge is 2.16. The van der Waals surface area contributed by atoms with Crippen LogP contribution in [0.4, 0.5) is 4.39 Å². The molecule has 2 rings (SSSR count). The lowest BCUT2D eigenvalue weighted by Crippen LogP contribution is -2.10. The average Bonchev–Trinajstić information content (AvgIpc) is 2.57. The lowest BCUT2D eigenvalue weighted by Gasteiger charge is -2.06. The predicted molar refractivity (Wildman–Crippen MR) is 61.3 cm³/mol. The van der Waals surface area contributed by atoms with Gasteiger partial charge in [-0.15, -0.1) is 0 Å². The number of nitrogens with zero attached hydrogens (tertiary/aromatic N) is 1. The molecule has 1 aromatic rings. The highest BCUT2D eigenvalue weighted by atomic mass is 19.1. The quantitative estimate of drug-likeness (QED) is 0.717. The molecule has 0 fully saturated rings. The highest BCUT2D eigenvalue weighted by Crippen LogP contribution is 2.32. The van der Waals surface area contributed by atoms with Crippen LogP contribution < -0.4 is 0 Å². The van der Waals surface area contributed by atoms with Gasteiger partial charge in [0.25, 0.3) is 0 Å². The van der Waals surface area contributed by atoms with Gasteiger partial charge in [-0.25, -0.2) is 4.39 Å². The maximum Gasteiger partial charge on any atom is 0.123 e. The van der Waals surface area contributed by atoms with Crippen LogP contribution >= 0.6 is 0 Å². The van der Waals surface area contributed by atoms with Crippen molar-refractivity contribution in [1.29, 1.82) is 0 Å². The molecule has 0 atom stereocenters. The Morgan fingerprint density at radius 1 is 1.33 bits per heavy atom. The second-order valence-electron chi connectivity index (χ2n) is 4.29. The first-order chi connectivity index (χ1) is 7.16. The minimum Gasteiger partial charge on any atom is -0.306 e. The second-order valence-corrected chi connectivity index (χ2v) is 4.29. The van der Waals surface area contributed by atoms with E-state index >= 15 is 0 Å². The lowest BCUT2D eigenvalue weighted by molar-refractivity contribution is 0.456. The molecule has 1 aromatic carbocycles. The van der Waals surface area contributed by atoms with Crippen molar-refractivity contribution in [3.63, 3.8) is 0 Å². The number of hydrogen-bond donors (Lipinski definition) is 0. The van der Waals surface area contributed by atoms with Crippen LogP contribution in [0.2, 0.25) is 0 Å².